The molecule has 0 unspecified atom stereocenters. The molecule has 136 valence electrons. The van der Waals surface area contributed by atoms with Crippen molar-refractivity contribution < 1.29 is 18.3 Å². The van der Waals surface area contributed by atoms with Crippen LogP contribution in [0.15, 0.2) is 53.3 Å². The van der Waals surface area contributed by atoms with Crippen LogP contribution in [0.3, 0.4) is 0 Å². The summed E-state index contributed by atoms with van der Waals surface area (Å²) < 4.78 is 33.9. The fraction of sp³-hybridized carbons (Fsp3) is 0.100. The number of hydrogen-bond acceptors (Lipinski definition) is 3. The molecule has 27 heavy (non-hydrogen) atoms. The Morgan fingerprint density at radius 1 is 1.11 bits per heavy atom. The number of pyridine rings is 1. The Morgan fingerprint density at radius 2 is 1.81 bits per heavy atom. The van der Waals surface area contributed by atoms with Crippen LogP contribution in [0.5, 0.6) is 5.75 Å². The van der Waals surface area contributed by atoms with Gasteiger partial charge in [0.2, 0.25) is 0 Å². The minimum absolute atomic E-state index is 0.424. The number of anilines is 1. The van der Waals surface area contributed by atoms with Gasteiger partial charge in [0.15, 0.2) is 11.6 Å². The van der Waals surface area contributed by atoms with Gasteiger partial charge in [0, 0.05) is 16.6 Å². The monoisotopic (exact) mass is 430 g/mol. The van der Waals surface area contributed by atoms with E-state index in [0.29, 0.717) is 12.3 Å². The topological polar surface area (TPSA) is 51.2 Å². The second-order valence-corrected chi connectivity index (χ2v) is 6.90. The molecule has 4 nitrogen and oxygen atoms in total. The van der Waals surface area contributed by atoms with Gasteiger partial charge in [-0.1, -0.05) is 28.1 Å². The van der Waals surface area contributed by atoms with Gasteiger partial charge < -0.3 is 10.1 Å². The van der Waals surface area contributed by atoms with Crippen molar-refractivity contribution in [2.24, 2.45) is 0 Å². The van der Waals surface area contributed by atoms with E-state index >= 15 is 0 Å². The van der Waals surface area contributed by atoms with Crippen molar-refractivity contribution in [3.63, 3.8) is 0 Å². The SMILES string of the molecule is O=C(Nc1ccc(-c2cc3c(cc2Br)CCO3)cc1)c1c(F)cncc1F. The van der Waals surface area contributed by atoms with E-state index in [4.69, 9.17) is 4.74 Å². The number of halogens is 3. The van der Waals surface area contributed by atoms with E-state index in [9.17, 15) is 13.6 Å². The summed E-state index contributed by atoms with van der Waals surface area (Å²) in [4.78, 5) is 15.5. The van der Waals surface area contributed by atoms with Crippen LogP contribution in [-0.2, 0) is 6.42 Å². The molecular formula is C20H13BrF2N2O2. The van der Waals surface area contributed by atoms with E-state index in [1.54, 1.807) is 12.1 Å². The van der Waals surface area contributed by atoms with Gasteiger partial charge in [0.1, 0.15) is 11.3 Å². The van der Waals surface area contributed by atoms with E-state index in [1.807, 2.05) is 24.3 Å². The molecule has 1 aliphatic heterocycles. The van der Waals surface area contributed by atoms with Crippen molar-refractivity contribution in [1.29, 1.82) is 0 Å². The first kappa shape index (κ1) is 17.6. The van der Waals surface area contributed by atoms with Gasteiger partial charge in [0.25, 0.3) is 5.91 Å². The van der Waals surface area contributed by atoms with Crippen LogP contribution in [-0.4, -0.2) is 17.5 Å². The first-order valence-electron chi connectivity index (χ1n) is 8.19. The van der Waals surface area contributed by atoms with Crippen molar-refractivity contribution in [3.05, 3.63) is 76.0 Å². The van der Waals surface area contributed by atoms with Crippen LogP contribution in [0, 0.1) is 11.6 Å². The highest BCUT2D eigenvalue weighted by molar-refractivity contribution is 9.10. The summed E-state index contributed by atoms with van der Waals surface area (Å²) in [6.45, 7) is 0.679. The van der Waals surface area contributed by atoms with Crippen molar-refractivity contribution in [2.45, 2.75) is 6.42 Å². The molecule has 0 atom stereocenters. The van der Waals surface area contributed by atoms with E-state index in [-0.39, 0.29) is 0 Å². The first-order chi connectivity index (χ1) is 13.0. The molecule has 3 aromatic rings. The molecule has 2 aromatic carbocycles. The predicted octanol–water partition coefficient (Wildman–Crippen LogP) is 4.98. The van der Waals surface area contributed by atoms with E-state index in [1.165, 1.54) is 0 Å². The Morgan fingerprint density at radius 3 is 2.52 bits per heavy atom. The average molecular weight is 431 g/mol. The van der Waals surface area contributed by atoms with Gasteiger partial charge in [-0.15, -0.1) is 0 Å². The lowest BCUT2D eigenvalue weighted by atomic mass is 10.0. The molecule has 0 aliphatic carbocycles. The second-order valence-electron chi connectivity index (χ2n) is 6.05. The highest BCUT2D eigenvalue weighted by atomic mass is 79.9. The van der Waals surface area contributed by atoms with Crippen LogP contribution in [0.2, 0.25) is 0 Å². The third kappa shape index (κ3) is 3.42. The van der Waals surface area contributed by atoms with Crippen molar-refractivity contribution in [2.75, 3.05) is 11.9 Å². The largest absolute Gasteiger partial charge is 0.493 e. The molecule has 1 aliphatic rings. The molecule has 0 saturated carbocycles. The Labute approximate surface area is 162 Å². The van der Waals surface area contributed by atoms with Crippen LogP contribution in [0.4, 0.5) is 14.5 Å². The zero-order valence-electron chi connectivity index (χ0n) is 13.9. The molecule has 0 spiro atoms. The highest BCUT2D eigenvalue weighted by Crippen LogP contribution is 2.37. The van der Waals surface area contributed by atoms with E-state index in [0.717, 1.165) is 45.7 Å². The number of rotatable bonds is 3. The summed E-state index contributed by atoms with van der Waals surface area (Å²) in [5.41, 5.74) is 2.80. The minimum Gasteiger partial charge on any atom is -0.493 e. The normalized spacial score (nSPS) is 12.4. The Hall–Kier alpha value is -2.80. The standard InChI is InChI=1S/C20H13BrF2N2O2/c21-15-7-12-5-6-27-18(12)8-14(15)11-1-3-13(4-2-11)25-20(26)19-16(22)9-24-10-17(19)23/h1-4,7-10H,5-6H2,(H,25,26). The number of benzene rings is 2. The Bertz CT molecular complexity index is 1020. The molecule has 1 amide bonds. The average Bonchev–Trinajstić information content (AvgIpc) is 3.09. The molecular weight excluding hydrogens is 418 g/mol. The molecule has 0 fully saturated rings. The summed E-state index contributed by atoms with van der Waals surface area (Å²) in [7, 11) is 0. The van der Waals surface area contributed by atoms with Crippen LogP contribution < -0.4 is 10.1 Å². The number of carbonyl (C=O) groups excluding carboxylic acids is 1. The number of nitrogens with one attached hydrogen (secondary N) is 1. The predicted molar refractivity (Wildman–Crippen MR) is 101 cm³/mol. The Balaban J connectivity index is 1.57. The molecule has 1 N–H and O–H groups in total. The van der Waals surface area contributed by atoms with Gasteiger partial charge in [-0.3, -0.25) is 9.78 Å². The van der Waals surface area contributed by atoms with Crippen LogP contribution in [0.25, 0.3) is 11.1 Å². The van der Waals surface area contributed by atoms with Crippen molar-refractivity contribution in [3.8, 4) is 16.9 Å². The molecule has 7 heteroatoms. The summed E-state index contributed by atoms with van der Waals surface area (Å²) in [6, 6.07) is 11.0. The number of hydrogen-bond donors (Lipinski definition) is 1. The third-order valence-corrected chi connectivity index (χ3v) is 4.97. The maximum atomic E-state index is 13.7. The fourth-order valence-electron chi connectivity index (χ4n) is 2.97. The number of nitrogens with zero attached hydrogens (tertiary/aromatic N) is 1. The number of carbonyl (C=O) groups is 1. The van der Waals surface area contributed by atoms with Crippen molar-refractivity contribution in [1.82, 2.24) is 4.98 Å². The summed E-state index contributed by atoms with van der Waals surface area (Å²) >= 11 is 3.58. The molecule has 0 bridgehead atoms. The van der Waals surface area contributed by atoms with Crippen LogP contribution >= 0.6 is 15.9 Å². The molecule has 0 saturated heterocycles. The van der Waals surface area contributed by atoms with Gasteiger partial charge in [0.05, 0.1) is 19.0 Å². The lowest BCUT2D eigenvalue weighted by Crippen LogP contribution is -2.16. The fourth-order valence-corrected chi connectivity index (χ4v) is 3.59. The number of aromatic nitrogens is 1. The smallest absolute Gasteiger partial charge is 0.261 e. The lowest BCUT2D eigenvalue weighted by molar-refractivity contribution is 0.101. The maximum absolute atomic E-state index is 13.7. The van der Waals surface area contributed by atoms with Crippen LogP contribution in [0.1, 0.15) is 15.9 Å². The van der Waals surface area contributed by atoms with Gasteiger partial charge in [-0.2, -0.15) is 0 Å². The zero-order chi connectivity index (χ0) is 19.0. The lowest BCUT2D eigenvalue weighted by Gasteiger charge is -2.10. The molecule has 0 radical (unpaired) electrons. The molecule has 4 rings (SSSR count). The minimum atomic E-state index is -1.01. The van der Waals surface area contributed by atoms with E-state index in [2.05, 4.69) is 26.2 Å². The summed E-state index contributed by atoms with van der Waals surface area (Å²) in [5.74, 6) is -2.01. The Kier molecular flexibility index (Phi) is 4.61. The number of fused-ring (bicyclic) bond motifs is 1. The number of amides is 1. The summed E-state index contributed by atoms with van der Waals surface area (Å²) in [5, 5.41) is 2.49. The van der Waals surface area contributed by atoms with Crippen molar-refractivity contribution >= 4 is 27.5 Å². The third-order valence-electron chi connectivity index (χ3n) is 4.31. The second kappa shape index (κ2) is 7.08. The highest BCUT2D eigenvalue weighted by Gasteiger charge is 2.18. The summed E-state index contributed by atoms with van der Waals surface area (Å²) in [6.07, 6.45) is 2.49. The van der Waals surface area contributed by atoms with Gasteiger partial charge >= 0.3 is 0 Å². The maximum Gasteiger partial charge on any atom is 0.261 e. The van der Waals surface area contributed by atoms with Gasteiger partial charge in [-0.25, -0.2) is 8.78 Å². The quantitative estimate of drug-likeness (QED) is 0.637. The number of ether oxygens (including phenoxy) is 1. The zero-order valence-corrected chi connectivity index (χ0v) is 15.5. The van der Waals surface area contributed by atoms with E-state index < -0.39 is 23.1 Å². The first-order valence-corrected chi connectivity index (χ1v) is 8.98. The van der Waals surface area contributed by atoms with Gasteiger partial charge in [-0.05, 0) is 41.0 Å². The molecule has 1 aromatic heterocycles. The molecule has 2 heterocycles.